The molecular formula is C39H72N6O6Si3. The second-order valence-corrected chi connectivity index (χ2v) is 35.9. The summed E-state index contributed by atoms with van der Waals surface area (Å²) in [5.41, 5.74) is 0.763. The molecule has 54 heavy (non-hydrogen) atoms. The van der Waals surface area contributed by atoms with E-state index in [4.69, 9.17) is 32.7 Å². The second-order valence-electron chi connectivity index (χ2n) is 21.5. The highest BCUT2D eigenvalue weighted by Crippen LogP contribution is 2.47. The van der Waals surface area contributed by atoms with Gasteiger partial charge in [-0.15, -0.1) is 0 Å². The molecule has 0 aliphatic carbocycles. The van der Waals surface area contributed by atoms with Gasteiger partial charge in [-0.25, -0.2) is 19.7 Å². The topological polar surface area (TPSA) is 122 Å². The molecule has 0 aromatic carbocycles. The summed E-state index contributed by atoms with van der Waals surface area (Å²) in [6, 6.07) is 0.184. The van der Waals surface area contributed by atoms with E-state index in [9.17, 15) is 4.79 Å². The molecule has 2 aromatic heterocycles. The standard InChI is InChI=1S/C39H72N6O6Si3/c1-36(2,3)49-35(46)45-25-19-20-27(45)26(21-25)43-32-29-33(41-23-40-32)44(24-42-29)34-31(51-54(17,18)39(10,11)12)30(50-53(15,16)38(7,8)9)28(48-34)22-47-52(13,14)37(4,5)6/h23-28,30-31,34H,19-22H2,1-18H3,(H,40,41,43)/t25?,26?,27?,28-,30-,31-,34-/m1/s1. The molecular weight excluding hydrogens is 733 g/mol. The summed E-state index contributed by atoms with van der Waals surface area (Å²) < 4.78 is 36.6. The number of nitrogens with zero attached hydrogens (tertiary/aromatic N) is 5. The molecule has 5 heterocycles. The van der Waals surface area contributed by atoms with Gasteiger partial charge in [-0.3, -0.25) is 4.57 Å². The van der Waals surface area contributed by atoms with Gasteiger partial charge in [-0.05, 0) is 94.4 Å². The molecule has 2 bridgehead atoms. The lowest BCUT2D eigenvalue weighted by molar-refractivity contribution is -0.0470. The zero-order chi connectivity index (χ0) is 40.6. The van der Waals surface area contributed by atoms with Gasteiger partial charge < -0.3 is 33.0 Å². The summed E-state index contributed by atoms with van der Waals surface area (Å²) in [6.07, 6.45) is 4.16. The third kappa shape index (κ3) is 8.66. The van der Waals surface area contributed by atoms with Gasteiger partial charge in [0.15, 0.2) is 48.2 Å². The van der Waals surface area contributed by atoms with E-state index in [2.05, 4.69) is 112 Å². The first-order chi connectivity index (χ1) is 24.4. The van der Waals surface area contributed by atoms with E-state index in [1.165, 1.54) is 0 Å². The highest BCUT2D eigenvalue weighted by molar-refractivity contribution is 6.75. The molecule has 3 unspecified atom stereocenters. The fourth-order valence-electron chi connectivity index (χ4n) is 6.94. The Morgan fingerprint density at radius 3 is 1.94 bits per heavy atom. The van der Waals surface area contributed by atoms with E-state index in [1.54, 1.807) is 6.33 Å². The molecule has 1 amide bonds. The Morgan fingerprint density at radius 2 is 1.39 bits per heavy atom. The van der Waals surface area contributed by atoms with Gasteiger partial charge in [0.05, 0.1) is 25.0 Å². The van der Waals surface area contributed by atoms with Crippen molar-refractivity contribution in [1.82, 2.24) is 24.4 Å². The largest absolute Gasteiger partial charge is 0.444 e. The minimum atomic E-state index is -2.35. The van der Waals surface area contributed by atoms with Crippen LogP contribution in [0.15, 0.2) is 12.7 Å². The molecule has 7 atom stereocenters. The van der Waals surface area contributed by atoms with Crippen LogP contribution in [-0.2, 0) is 22.8 Å². The normalized spacial score (nSPS) is 27.3. The fourth-order valence-corrected chi connectivity index (χ4v) is 10.6. The Hall–Kier alpha value is -1.89. The Bertz CT molecular complexity index is 1660. The predicted molar refractivity (Wildman–Crippen MR) is 223 cm³/mol. The van der Waals surface area contributed by atoms with E-state index >= 15 is 0 Å². The number of imidazole rings is 1. The number of hydrogen-bond donors (Lipinski definition) is 1. The Balaban J connectivity index is 1.52. The molecule has 15 heteroatoms. The van der Waals surface area contributed by atoms with Crippen LogP contribution in [0.4, 0.5) is 10.6 Å². The van der Waals surface area contributed by atoms with Crippen LogP contribution in [0.5, 0.6) is 0 Å². The Morgan fingerprint density at radius 1 is 0.815 bits per heavy atom. The highest BCUT2D eigenvalue weighted by atomic mass is 28.4. The number of anilines is 1. The van der Waals surface area contributed by atoms with Crippen LogP contribution in [0.1, 0.15) is 109 Å². The van der Waals surface area contributed by atoms with E-state index in [0.29, 0.717) is 23.6 Å². The van der Waals surface area contributed by atoms with E-state index in [-0.39, 0.29) is 51.5 Å². The number of carbonyl (C=O) groups excluding carboxylic acids is 1. The van der Waals surface area contributed by atoms with Crippen LogP contribution >= 0.6 is 0 Å². The number of ether oxygens (including phenoxy) is 2. The molecule has 1 N–H and O–H groups in total. The summed E-state index contributed by atoms with van der Waals surface area (Å²) in [7, 11) is -6.77. The quantitative estimate of drug-likeness (QED) is 0.233. The van der Waals surface area contributed by atoms with Crippen molar-refractivity contribution in [2.24, 2.45) is 0 Å². The maximum Gasteiger partial charge on any atom is 0.410 e. The van der Waals surface area contributed by atoms with Crippen molar-refractivity contribution in [2.45, 2.75) is 205 Å². The van der Waals surface area contributed by atoms with Gasteiger partial charge in [-0.1, -0.05) is 62.3 Å². The number of rotatable bonds is 10. The average Bonchev–Trinajstić information content (AvgIpc) is 3.76. The maximum absolute atomic E-state index is 13.2. The third-order valence-electron chi connectivity index (χ3n) is 13.3. The summed E-state index contributed by atoms with van der Waals surface area (Å²) in [4.78, 5) is 29.6. The van der Waals surface area contributed by atoms with Crippen LogP contribution in [0.25, 0.3) is 11.2 Å². The van der Waals surface area contributed by atoms with Crippen molar-refractivity contribution >= 4 is 48.0 Å². The summed E-state index contributed by atoms with van der Waals surface area (Å²) >= 11 is 0. The molecule has 0 spiro atoms. The Kier molecular flexibility index (Phi) is 11.6. The molecule has 3 fully saturated rings. The van der Waals surface area contributed by atoms with Crippen LogP contribution < -0.4 is 5.32 Å². The predicted octanol–water partition coefficient (Wildman–Crippen LogP) is 9.48. The highest BCUT2D eigenvalue weighted by Gasteiger charge is 2.56. The summed E-state index contributed by atoms with van der Waals surface area (Å²) in [5, 5.41) is 3.65. The maximum atomic E-state index is 13.2. The molecule has 3 saturated heterocycles. The van der Waals surface area contributed by atoms with Gasteiger partial charge in [0, 0.05) is 6.04 Å². The van der Waals surface area contributed by atoms with Crippen LogP contribution in [-0.4, -0.2) is 104 Å². The van der Waals surface area contributed by atoms with Crippen LogP contribution in [0.2, 0.25) is 54.4 Å². The second kappa shape index (κ2) is 14.5. The summed E-state index contributed by atoms with van der Waals surface area (Å²) in [6.45, 7) is 40.3. The minimum absolute atomic E-state index is 0.0207. The number of hydrogen-bond acceptors (Lipinski definition) is 10. The first kappa shape index (κ1) is 43.2. The molecule has 2 aromatic rings. The summed E-state index contributed by atoms with van der Waals surface area (Å²) in [5.74, 6) is 0.646. The van der Waals surface area contributed by atoms with Gasteiger partial charge >= 0.3 is 6.09 Å². The Labute approximate surface area is 328 Å². The zero-order valence-corrected chi connectivity index (χ0v) is 39.7. The van der Waals surface area contributed by atoms with Crippen LogP contribution in [0, 0.1) is 0 Å². The first-order valence-corrected chi connectivity index (χ1v) is 28.8. The van der Waals surface area contributed by atoms with Crippen molar-refractivity contribution in [2.75, 3.05) is 11.9 Å². The van der Waals surface area contributed by atoms with Crippen LogP contribution in [0.3, 0.4) is 0 Å². The average molecular weight is 805 g/mol. The van der Waals surface area contributed by atoms with Gasteiger partial charge in [0.2, 0.25) is 0 Å². The van der Waals surface area contributed by atoms with Crippen molar-refractivity contribution in [3.05, 3.63) is 12.7 Å². The molecule has 3 aliphatic heterocycles. The molecule has 0 radical (unpaired) electrons. The van der Waals surface area contributed by atoms with Crippen molar-refractivity contribution in [3.63, 3.8) is 0 Å². The monoisotopic (exact) mass is 804 g/mol. The third-order valence-corrected chi connectivity index (χ3v) is 26.7. The van der Waals surface area contributed by atoms with E-state index in [1.807, 2.05) is 36.6 Å². The van der Waals surface area contributed by atoms with Gasteiger partial charge in [-0.2, -0.15) is 0 Å². The SMILES string of the molecule is CC(C)(C)OC(=O)N1C2CCC1C(Nc1ncnc3c1ncn3[C@@H]1O[C@H](CO[Si](C)(C)C(C)(C)C)[C@@H](O[Si](C)(C)C(C)(C)C)[C@H]1O[Si](C)(C)C(C)(C)C)C2. The van der Waals surface area contributed by atoms with Gasteiger partial charge in [0.1, 0.15) is 30.2 Å². The molecule has 3 aliphatic rings. The van der Waals surface area contributed by atoms with Crippen molar-refractivity contribution in [3.8, 4) is 0 Å². The number of aromatic nitrogens is 4. The number of nitrogens with one attached hydrogen (secondary N) is 1. The lowest BCUT2D eigenvalue weighted by Gasteiger charge is -2.44. The number of carbonyl (C=O) groups is 1. The fraction of sp³-hybridized carbons (Fsp3) is 0.846. The number of amides is 1. The smallest absolute Gasteiger partial charge is 0.410 e. The van der Waals surface area contributed by atoms with Crippen molar-refractivity contribution < 1.29 is 27.5 Å². The van der Waals surface area contributed by atoms with E-state index in [0.717, 1.165) is 19.3 Å². The molecule has 0 saturated carbocycles. The lowest BCUT2D eigenvalue weighted by atomic mass is 9.95. The minimum Gasteiger partial charge on any atom is -0.444 e. The number of fused-ring (bicyclic) bond motifs is 3. The molecule has 5 rings (SSSR count). The molecule has 12 nitrogen and oxygen atoms in total. The van der Waals surface area contributed by atoms with E-state index < -0.39 is 42.9 Å². The molecule has 306 valence electrons. The van der Waals surface area contributed by atoms with Crippen molar-refractivity contribution in [1.29, 1.82) is 0 Å². The zero-order valence-electron chi connectivity index (χ0n) is 36.7. The lowest BCUT2D eigenvalue weighted by Crippen LogP contribution is -2.54. The van der Waals surface area contributed by atoms with Gasteiger partial charge in [0.25, 0.3) is 0 Å². The first-order valence-electron chi connectivity index (χ1n) is 20.0.